The van der Waals surface area contributed by atoms with E-state index in [1.54, 1.807) is 0 Å². The second-order valence-electron chi connectivity index (χ2n) is 4.39. The monoisotopic (exact) mass is 248 g/mol. The first-order chi connectivity index (χ1) is 8.88. The predicted molar refractivity (Wildman–Crippen MR) is 70.2 cm³/mol. The van der Waals surface area contributed by atoms with Crippen molar-refractivity contribution in [2.24, 2.45) is 0 Å². The molecule has 0 aliphatic carbocycles. The molecule has 1 saturated heterocycles. The van der Waals surface area contributed by atoms with Crippen LogP contribution in [0.25, 0.3) is 0 Å². The van der Waals surface area contributed by atoms with Gasteiger partial charge in [0.05, 0.1) is 19.8 Å². The average molecular weight is 248 g/mol. The average Bonchev–Trinajstić information content (AvgIpc) is 2.87. The van der Waals surface area contributed by atoms with E-state index in [0.717, 1.165) is 58.1 Å². The number of rotatable bonds is 6. The molecular formula is C14H20N2O2. The van der Waals surface area contributed by atoms with Crippen molar-refractivity contribution in [3.05, 3.63) is 23.7 Å². The van der Waals surface area contributed by atoms with Gasteiger partial charge in [0, 0.05) is 13.1 Å². The summed E-state index contributed by atoms with van der Waals surface area (Å²) in [4.78, 5) is 2.44. The number of furan rings is 1. The predicted octanol–water partition coefficient (Wildman–Crippen LogP) is 1.07. The van der Waals surface area contributed by atoms with Crippen molar-refractivity contribution in [2.75, 3.05) is 39.4 Å². The largest absolute Gasteiger partial charge is 0.451 e. The number of ether oxygens (including phenoxy) is 1. The van der Waals surface area contributed by atoms with Crippen molar-refractivity contribution >= 4 is 0 Å². The van der Waals surface area contributed by atoms with Crippen molar-refractivity contribution in [2.45, 2.75) is 13.0 Å². The summed E-state index contributed by atoms with van der Waals surface area (Å²) in [5.41, 5.74) is 0. The third kappa shape index (κ3) is 4.19. The fourth-order valence-corrected chi connectivity index (χ4v) is 2.01. The number of hydrogen-bond donors (Lipinski definition) is 1. The molecule has 1 N–H and O–H groups in total. The van der Waals surface area contributed by atoms with Crippen LogP contribution in [-0.2, 0) is 11.3 Å². The van der Waals surface area contributed by atoms with Crippen LogP contribution in [-0.4, -0.2) is 44.3 Å². The number of morpholine rings is 1. The van der Waals surface area contributed by atoms with E-state index in [0.29, 0.717) is 5.76 Å². The van der Waals surface area contributed by atoms with Crippen molar-refractivity contribution in [3.8, 4) is 12.3 Å². The highest BCUT2D eigenvalue weighted by Gasteiger charge is 2.08. The molecule has 0 saturated carbocycles. The summed E-state index contributed by atoms with van der Waals surface area (Å²) < 4.78 is 10.7. The number of terminal acetylenes is 1. The van der Waals surface area contributed by atoms with E-state index >= 15 is 0 Å². The van der Waals surface area contributed by atoms with Crippen LogP contribution in [0.15, 0.2) is 16.5 Å². The van der Waals surface area contributed by atoms with Gasteiger partial charge in [0.25, 0.3) is 0 Å². The molecule has 0 unspecified atom stereocenters. The van der Waals surface area contributed by atoms with Gasteiger partial charge in [0.15, 0.2) is 5.76 Å². The van der Waals surface area contributed by atoms with Gasteiger partial charge < -0.3 is 14.5 Å². The third-order valence-electron chi connectivity index (χ3n) is 3.03. The van der Waals surface area contributed by atoms with Crippen LogP contribution in [0.3, 0.4) is 0 Å². The summed E-state index contributed by atoms with van der Waals surface area (Å²) >= 11 is 0. The molecule has 0 radical (unpaired) electrons. The summed E-state index contributed by atoms with van der Waals surface area (Å²) in [6.45, 7) is 6.72. The molecule has 1 aromatic heterocycles. The van der Waals surface area contributed by atoms with E-state index in [9.17, 15) is 0 Å². The smallest absolute Gasteiger partial charge is 0.176 e. The second kappa shape index (κ2) is 7.22. The number of nitrogens with one attached hydrogen (secondary N) is 1. The lowest BCUT2D eigenvalue weighted by Crippen LogP contribution is -2.37. The second-order valence-corrected chi connectivity index (χ2v) is 4.39. The van der Waals surface area contributed by atoms with Crippen molar-refractivity contribution in [1.82, 2.24) is 10.2 Å². The van der Waals surface area contributed by atoms with Gasteiger partial charge in [-0.1, -0.05) is 0 Å². The number of nitrogens with zero attached hydrogens (tertiary/aromatic N) is 1. The molecule has 98 valence electrons. The lowest BCUT2D eigenvalue weighted by Gasteiger charge is -2.26. The first-order valence-electron chi connectivity index (χ1n) is 6.44. The molecule has 0 amide bonds. The van der Waals surface area contributed by atoms with Crippen molar-refractivity contribution in [3.63, 3.8) is 0 Å². The first kappa shape index (κ1) is 13.2. The Labute approximate surface area is 108 Å². The van der Waals surface area contributed by atoms with Crippen LogP contribution in [0, 0.1) is 12.3 Å². The Balaban J connectivity index is 1.54. The standard InChI is InChI=1S/C14H20N2O2/c1-2-13-4-5-14(18-13)12-15-6-3-7-16-8-10-17-11-9-16/h1,4-5,15H,3,6-12H2. The molecule has 1 aliphatic rings. The van der Waals surface area contributed by atoms with Crippen LogP contribution in [0.1, 0.15) is 17.9 Å². The molecule has 4 nitrogen and oxygen atoms in total. The van der Waals surface area contributed by atoms with Crippen LogP contribution in [0.5, 0.6) is 0 Å². The maximum absolute atomic E-state index is 5.40. The van der Waals surface area contributed by atoms with Gasteiger partial charge in [-0.2, -0.15) is 0 Å². The highest BCUT2D eigenvalue weighted by atomic mass is 16.5. The third-order valence-corrected chi connectivity index (χ3v) is 3.03. The molecular weight excluding hydrogens is 228 g/mol. The molecule has 2 rings (SSSR count). The fourth-order valence-electron chi connectivity index (χ4n) is 2.01. The molecule has 0 atom stereocenters. The van der Waals surface area contributed by atoms with Crippen LogP contribution in [0.4, 0.5) is 0 Å². The quantitative estimate of drug-likeness (QED) is 0.604. The highest BCUT2D eigenvalue weighted by molar-refractivity contribution is 5.22. The maximum Gasteiger partial charge on any atom is 0.176 e. The zero-order valence-corrected chi connectivity index (χ0v) is 10.7. The van der Waals surface area contributed by atoms with Crippen molar-refractivity contribution in [1.29, 1.82) is 0 Å². The van der Waals surface area contributed by atoms with Crippen molar-refractivity contribution < 1.29 is 9.15 Å². The fraction of sp³-hybridized carbons (Fsp3) is 0.571. The lowest BCUT2D eigenvalue weighted by molar-refractivity contribution is 0.0374. The Kier molecular flexibility index (Phi) is 5.28. The summed E-state index contributed by atoms with van der Waals surface area (Å²) in [6.07, 6.45) is 6.38. The molecule has 4 heteroatoms. The summed E-state index contributed by atoms with van der Waals surface area (Å²) in [5, 5.41) is 3.36. The molecule has 1 fully saturated rings. The Bertz CT molecular complexity index is 389. The van der Waals surface area contributed by atoms with Crippen LogP contribution >= 0.6 is 0 Å². The summed E-state index contributed by atoms with van der Waals surface area (Å²) in [6, 6.07) is 3.74. The molecule has 0 bridgehead atoms. The zero-order valence-electron chi connectivity index (χ0n) is 10.7. The minimum absolute atomic E-state index is 0.597. The Morgan fingerprint density at radius 3 is 2.89 bits per heavy atom. The van der Waals surface area contributed by atoms with E-state index in [4.69, 9.17) is 15.6 Å². The van der Waals surface area contributed by atoms with E-state index in [1.807, 2.05) is 12.1 Å². The van der Waals surface area contributed by atoms with E-state index in [1.165, 1.54) is 0 Å². The Morgan fingerprint density at radius 2 is 2.17 bits per heavy atom. The van der Waals surface area contributed by atoms with Crippen LogP contribution < -0.4 is 5.32 Å². The normalized spacial score (nSPS) is 16.6. The van der Waals surface area contributed by atoms with E-state index in [-0.39, 0.29) is 0 Å². The first-order valence-corrected chi connectivity index (χ1v) is 6.44. The Hall–Kier alpha value is -1.28. The minimum Gasteiger partial charge on any atom is -0.451 e. The van der Waals surface area contributed by atoms with E-state index < -0.39 is 0 Å². The molecule has 1 aromatic rings. The van der Waals surface area contributed by atoms with Crippen LogP contribution in [0.2, 0.25) is 0 Å². The maximum atomic E-state index is 5.40. The zero-order chi connectivity index (χ0) is 12.6. The highest BCUT2D eigenvalue weighted by Crippen LogP contribution is 2.05. The van der Waals surface area contributed by atoms with Gasteiger partial charge in [-0.3, -0.25) is 4.90 Å². The summed E-state index contributed by atoms with van der Waals surface area (Å²) in [5.74, 6) is 3.97. The summed E-state index contributed by atoms with van der Waals surface area (Å²) in [7, 11) is 0. The van der Waals surface area contributed by atoms with Gasteiger partial charge in [-0.25, -0.2) is 0 Å². The lowest BCUT2D eigenvalue weighted by atomic mass is 10.3. The molecule has 1 aliphatic heterocycles. The van der Waals surface area contributed by atoms with Gasteiger partial charge >= 0.3 is 0 Å². The minimum atomic E-state index is 0.597. The topological polar surface area (TPSA) is 37.6 Å². The molecule has 18 heavy (non-hydrogen) atoms. The molecule has 2 heterocycles. The molecule has 0 aromatic carbocycles. The van der Waals surface area contributed by atoms with Gasteiger partial charge in [0.1, 0.15) is 5.76 Å². The Morgan fingerprint density at radius 1 is 1.33 bits per heavy atom. The van der Waals surface area contributed by atoms with Gasteiger partial charge in [-0.05, 0) is 37.6 Å². The SMILES string of the molecule is C#Cc1ccc(CNCCCN2CCOCC2)o1. The number of hydrogen-bond acceptors (Lipinski definition) is 4. The van der Waals surface area contributed by atoms with E-state index in [2.05, 4.69) is 16.1 Å². The molecule has 0 spiro atoms. The van der Waals surface area contributed by atoms with Gasteiger partial charge in [0.2, 0.25) is 0 Å². The van der Waals surface area contributed by atoms with Gasteiger partial charge in [-0.15, -0.1) is 6.42 Å².